The van der Waals surface area contributed by atoms with Gasteiger partial charge in [0, 0.05) is 36.7 Å². The van der Waals surface area contributed by atoms with Crippen LogP contribution < -0.4 is 5.32 Å². The fourth-order valence-corrected chi connectivity index (χ4v) is 4.08. The predicted molar refractivity (Wildman–Crippen MR) is 102 cm³/mol. The first kappa shape index (κ1) is 20.2. The maximum absolute atomic E-state index is 14.8. The van der Waals surface area contributed by atoms with Gasteiger partial charge in [0.05, 0.1) is 24.9 Å². The summed E-state index contributed by atoms with van der Waals surface area (Å²) < 4.78 is 44.4. The van der Waals surface area contributed by atoms with E-state index in [-0.39, 0.29) is 42.6 Å². The molecular weight excluding hydrogens is 399 g/mol. The molecule has 30 heavy (non-hydrogen) atoms. The monoisotopic (exact) mass is 419 g/mol. The molecule has 0 fully saturated rings. The molecule has 2 aliphatic rings. The molecule has 0 radical (unpaired) electrons. The van der Waals surface area contributed by atoms with Gasteiger partial charge in [-0.25, -0.2) is 14.0 Å². The van der Waals surface area contributed by atoms with E-state index in [9.17, 15) is 23.1 Å². The van der Waals surface area contributed by atoms with E-state index >= 15 is 0 Å². The number of aliphatic hydroxyl groups excluding tert-OH is 1. The number of halogens is 3. The lowest BCUT2D eigenvalue weighted by molar-refractivity contribution is -0.0509. The largest absolute Gasteiger partial charge is 0.393 e. The first-order valence-electron chi connectivity index (χ1n) is 9.59. The topological polar surface area (TPSA) is 74.8 Å². The highest BCUT2D eigenvalue weighted by Gasteiger charge is 2.45. The fraction of sp³-hybridized carbons (Fsp3) is 0.450. The van der Waals surface area contributed by atoms with Gasteiger partial charge in [-0.15, -0.1) is 0 Å². The van der Waals surface area contributed by atoms with Crippen molar-refractivity contribution in [3.8, 4) is 0 Å². The summed E-state index contributed by atoms with van der Waals surface area (Å²) in [6.07, 6.45) is -1.29. The minimum atomic E-state index is -3.25. The van der Waals surface area contributed by atoms with Crippen LogP contribution in [-0.4, -0.2) is 38.0 Å². The number of urea groups is 1. The van der Waals surface area contributed by atoms with Crippen LogP contribution in [0.3, 0.4) is 0 Å². The lowest BCUT2D eigenvalue weighted by Gasteiger charge is -2.34. The molecule has 7 nitrogen and oxygen atoms in total. The minimum Gasteiger partial charge on any atom is -0.393 e. The molecule has 0 saturated carbocycles. The Morgan fingerprint density at radius 1 is 1.43 bits per heavy atom. The number of hydrogen-bond acceptors (Lipinski definition) is 3. The van der Waals surface area contributed by atoms with Crippen molar-refractivity contribution in [2.24, 2.45) is 0 Å². The zero-order valence-corrected chi connectivity index (χ0v) is 16.2. The summed E-state index contributed by atoms with van der Waals surface area (Å²) in [5.41, 5.74) is 0.628. The summed E-state index contributed by atoms with van der Waals surface area (Å²) in [7, 11) is 0. The third-order valence-electron chi connectivity index (χ3n) is 5.57. The molecular formula is C20H20F3N5O2. The van der Waals surface area contributed by atoms with Gasteiger partial charge in [-0.3, -0.25) is 4.68 Å². The number of fused-ring (bicyclic) bond motifs is 3. The Bertz CT molecular complexity index is 1050. The fourth-order valence-electron chi connectivity index (χ4n) is 4.08. The molecule has 0 bridgehead atoms. The Kier molecular flexibility index (Phi) is 4.94. The third-order valence-corrected chi connectivity index (χ3v) is 5.57. The van der Waals surface area contributed by atoms with E-state index in [4.69, 9.17) is 6.57 Å². The Morgan fingerprint density at radius 3 is 2.93 bits per heavy atom. The van der Waals surface area contributed by atoms with E-state index < -0.39 is 30.3 Å². The Balaban J connectivity index is 1.61. The van der Waals surface area contributed by atoms with Crippen molar-refractivity contribution in [1.29, 1.82) is 0 Å². The smallest absolute Gasteiger partial charge is 0.322 e. The van der Waals surface area contributed by atoms with Crippen molar-refractivity contribution in [3.05, 3.63) is 52.4 Å². The van der Waals surface area contributed by atoms with Gasteiger partial charge in [0.25, 0.3) is 5.92 Å². The quantitative estimate of drug-likeness (QED) is 0.691. The second kappa shape index (κ2) is 7.32. The van der Waals surface area contributed by atoms with E-state index in [1.807, 2.05) is 0 Å². The zero-order valence-electron chi connectivity index (χ0n) is 16.2. The van der Waals surface area contributed by atoms with Crippen LogP contribution in [-0.2, 0) is 25.4 Å². The van der Waals surface area contributed by atoms with Crippen molar-refractivity contribution in [2.45, 2.75) is 57.3 Å². The number of aryl methyl sites for hydroxylation is 1. The molecule has 3 heterocycles. The van der Waals surface area contributed by atoms with Gasteiger partial charge in [0.1, 0.15) is 11.5 Å². The zero-order chi connectivity index (χ0) is 21.6. The highest BCUT2D eigenvalue weighted by Crippen LogP contribution is 2.41. The van der Waals surface area contributed by atoms with Gasteiger partial charge >= 0.3 is 6.03 Å². The van der Waals surface area contributed by atoms with Gasteiger partial charge in [-0.2, -0.15) is 13.9 Å². The number of carbonyl (C=O) groups excluding carboxylic acids is 1. The summed E-state index contributed by atoms with van der Waals surface area (Å²) in [4.78, 5) is 17.3. The molecule has 0 saturated heterocycles. The average molecular weight is 419 g/mol. The van der Waals surface area contributed by atoms with Gasteiger partial charge in [-0.05, 0) is 31.5 Å². The SMILES string of the molecule is [C-]#[N+]c1cc(NC(=O)N2Cc3c(nn4c3C(F)(F)C[C@H](O)CC4)C[C@H]2C)ccc1F. The number of nitrogens with one attached hydrogen (secondary N) is 1. The van der Waals surface area contributed by atoms with Crippen LogP contribution in [0, 0.1) is 12.4 Å². The number of nitrogens with zero attached hydrogens (tertiary/aromatic N) is 4. The van der Waals surface area contributed by atoms with Crippen LogP contribution in [0.4, 0.5) is 29.3 Å². The number of alkyl halides is 2. The Morgan fingerprint density at radius 2 is 2.20 bits per heavy atom. The van der Waals surface area contributed by atoms with Crippen LogP contribution >= 0.6 is 0 Å². The number of carbonyl (C=O) groups is 1. The van der Waals surface area contributed by atoms with Gasteiger partial charge in [0.15, 0.2) is 0 Å². The average Bonchev–Trinajstić information content (AvgIpc) is 2.99. The Hall–Kier alpha value is -3.06. The van der Waals surface area contributed by atoms with E-state index in [1.54, 1.807) is 6.92 Å². The summed E-state index contributed by atoms with van der Waals surface area (Å²) in [6, 6.07) is 2.82. The maximum atomic E-state index is 14.8. The molecule has 158 valence electrons. The molecule has 1 aromatic carbocycles. The summed E-state index contributed by atoms with van der Waals surface area (Å²) >= 11 is 0. The van der Waals surface area contributed by atoms with E-state index in [2.05, 4.69) is 15.3 Å². The van der Waals surface area contributed by atoms with Gasteiger partial charge in [0.2, 0.25) is 5.69 Å². The second-order valence-corrected chi connectivity index (χ2v) is 7.74. The number of benzene rings is 1. The summed E-state index contributed by atoms with van der Waals surface area (Å²) in [5.74, 6) is -3.94. The van der Waals surface area contributed by atoms with E-state index in [1.165, 1.54) is 21.7 Å². The maximum Gasteiger partial charge on any atom is 0.322 e. The standard InChI is InChI=1S/C20H20F3N5O2/c1-11-7-16-14(18-20(22,23)9-13(29)5-6-28(18)26-16)10-27(11)19(30)25-12-3-4-15(21)17(8-12)24-2/h3-4,8,11,13,29H,5-7,9-10H2,1H3,(H,25,30)/t11-,13-/m1/s1. The number of rotatable bonds is 1. The first-order valence-corrected chi connectivity index (χ1v) is 9.59. The molecule has 2 N–H and O–H groups in total. The third kappa shape index (κ3) is 3.50. The van der Waals surface area contributed by atoms with E-state index in [0.717, 1.165) is 6.07 Å². The first-order chi connectivity index (χ1) is 14.2. The molecule has 2 aliphatic heterocycles. The summed E-state index contributed by atoms with van der Waals surface area (Å²) in [5, 5.41) is 16.7. The van der Waals surface area contributed by atoms with E-state index in [0.29, 0.717) is 17.7 Å². The molecule has 1 aromatic heterocycles. The molecule has 0 aliphatic carbocycles. The van der Waals surface area contributed by atoms with Crippen molar-refractivity contribution in [1.82, 2.24) is 14.7 Å². The number of aliphatic hydroxyl groups is 1. The predicted octanol–water partition coefficient (Wildman–Crippen LogP) is 3.80. The molecule has 2 amide bonds. The normalized spacial score (nSPS) is 22.5. The van der Waals surface area contributed by atoms with Crippen LogP contribution in [0.25, 0.3) is 4.85 Å². The highest BCUT2D eigenvalue weighted by atomic mass is 19.3. The molecule has 4 rings (SSSR count). The van der Waals surface area contributed by atoms with Crippen LogP contribution in [0.1, 0.15) is 36.7 Å². The Labute approximate surface area is 170 Å². The number of hydrogen-bond donors (Lipinski definition) is 2. The van der Waals surface area contributed by atoms with Crippen LogP contribution in [0.15, 0.2) is 18.2 Å². The van der Waals surface area contributed by atoms with Crippen molar-refractivity contribution >= 4 is 17.4 Å². The lowest BCUT2D eigenvalue weighted by atomic mass is 9.96. The number of anilines is 1. The van der Waals surface area contributed by atoms with Gasteiger partial charge < -0.3 is 15.3 Å². The van der Waals surface area contributed by atoms with Crippen LogP contribution in [0.2, 0.25) is 0 Å². The molecule has 2 atom stereocenters. The molecule has 10 heteroatoms. The molecule has 0 spiro atoms. The van der Waals surface area contributed by atoms with Gasteiger partial charge in [-0.1, -0.05) is 0 Å². The highest BCUT2D eigenvalue weighted by molar-refractivity contribution is 5.90. The molecule has 2 aromatic rings. The minimum absolute atomic E-state index is 0.0553. The number of aromatic nitrogens is 2. The van der Waals surface area contributed by atoms with Crippen molar-refractivity contribution in [3.63, 3.8) is 0 Å². The molecule has 0 unspecified atom stereocenters. The van der Waals surface area contributed by atoms with Crippen molar-refractivity contribution < 1.29 is 23.1 Å². The van der Waals surface area contributed by atoms with Crippen molar-refractivity contribution in [2.75, 3.05) is 5.32 Å². The van der Waals surface area contributed by atoms with Crippen LogP contribution in [0.5, 0.6) is 0 Å². The lowest BCUT2D eigenvalue weighted by Crippen LogP contribution is -2.45. The number of amides is 2. The summed E-state index contributed by atoms with van der Waals surface area (Å²) in [6.45, 7) is 8.91. The second-order valence-electron chi connectivity index (χ2n) is 7.74.